The molecule has 2 rings (SSSR count). The van der Waals surface area contributed by atoms with Gasteiger partial charge in [-0.15, -0.1) is 0 Å². The quantitative estimate of drug-likeness (QED) is 0.893. The predicted octanol–water partition coefficient (Wildman–Crippen LogP) is 2.52. The van der Waals surface area contributed by atoms with Crippen molar-refractivity contribution in [3.8, 4) is 0 Å². The summed E-state index contributed by atoms with van der Waals surface area (Å²) < 4.78 is 30.3. The van der Waals surface area contributed by atoms with Gasteiger partial charge in [-0.2, -0.15) is 0 Å². The zero-order chi connectivity index (χ0) is 13.0. The van der Waals surface area contributed by atoms with Crippen LogP contribution < -0.4 is 4.72 Å². The van der Waals surface area contributed by atoms with Crippen molar-refractivity contribution in [2.45, 2.75) is 38.4 Å². The van der Waals surface area contributed by atoms with E-state index in [0.717, 1.165) is 24.7 Å². The molecular weight excluding hydrogens is 250 g/mol. The summed E-state index contributed by atoms with van der Waals surface area (Å²) in [5.41, 5.74) is 1.66. The van der Waals surface area contributed by atoms with Crippen molar-refractivity contribution < 1.29 is 13.2 Å². The molecule has 0 spiro atoms. The van der Waals surface area contributed by atoms with E-state index < -0.39 is 10.0 Å². The van der Waals surface area contributed by atoms with Gasteiger partial charge in [0.15, 0.2) is 0 Å². The van der Waals surface area contributed by atoms with Crippen LogP contribution in [0.2, 0.25) is 0 Å². The molecule has 1 aromatic carbocycles. The minimum atomic E-state index is -3.20. The highest BCUT2D eigenvalue weighted by molar-refractivity contribution is 7.92. The molecule has 0 atom stereocenters. The van der Waals surface area contributed by atoms with Crippen LogP contribution >= 0.6 is 0 Å². The fourth-order valence-electron chi connectivity index (χ4n) is 2.15. The van der Waals surface area contributed by atoms with Gasteiger partial charge in [0.25, 0.3) is 0 Å². The summed E-state index contributed by atoms with van der Waals surface area (Å²) in [5.74, 6) is 0. The lowest BCUT2D eigenvalue weighted by molar-refractivity contribution is 0.0457. The Morgan fingerprint density at radius 1 is 1.22 bits per heavy atom. The molecule has 4 nitrogen and oxygen atoms in total. The molecule has 0 radical (unpaired) electrons. The average molecular weight is 269 g/mol. The van der Waals surface area contributed by atoms with Crippen LogP contribution in [0.15, 0.2) is 24.3 Å². The fraction of sp³-hybridized carbons (Fsp3) is 0.538. The number of nitrogens with one attached hydrogen (secondary N) is 1. The van der Waals surface area contributed by atoms with Crippen molar-refractivity contribution in [2.24, 2.45) is 0 Å². The van der Waals surface area contributed by atoms with E-state index in [-0.39, 0.29) is 0 Å². The molecule has 0 aromatic heterocycles. The number of hydrogen-bond acceptors (Lipinski definition) is 3. The molecular formula is C13H19NO3S. The molecule has 0 amide bonds. The molecule has 1 saturated carbocycles. The molecule has 18 heavy (non-hydrogen) atoms. The molecule has 1 aliphatic rings. The molecule has 0 bridgehead atoms. The third-order valence-electron chi connectivity index (χ3n) is 3.05. The van der Waals surface area contributed by atoms with Crippen molar-refractivity contribution in [1.82, 2.24) is 0 Å². The van der Waals surface area contributed by atoms with E-state index in [1.165, 1.54) is 12.8 Å². The Balaban J connectivity index is 1.87. The smallest absolute Gasteiger partial charge is 0.229 e. The minimum Gasteiger partial charge on any atom is -0.374 e. The van der Waals surface area contributed by atoms with Crippen LogP contribution in [0.3, 0.4) is 0 Å². The van der Waals surface area contributed by atoms with Gasteiger partial charge in [-0.25, -0.2) is 8.42 Å². The zero-order valence-electron chi connectivity index (χ0n) is 10.6. The number of rotatable bonds is 5. The SMILES string of the molecule is CS(=O)(=O)Nc1ccc(COC2CCCC2)cc1. The fourth-order valence-corrected chi connectivity index (χ4v) is 2.72. The van der Waals surface area contributed by atoms with E-state index in [0.29, 0.717) is 18.4 Å². The maximum absolute atomic E-state index is 11.0. The number of ether oxygens (including phenoxy) is 1. The van der Waals surface area contributed by atoms with Crippen molar-refractivity contribution in [1.29, 1.82) is 0 Å². The lowest BCUT2D eigenvalue weighted by Gasteiger charge is -2.11. The van der Waals surface area contributed by atoms with Crippen molar-refractivity contribution in [3.05, 3.63) is 29.8 Å². The summed E-state index contributed by atoms with van der Waals surface area (Å²) >= 11 is 0. The molecule has 100 valence electrons. The van der Waals surface area contributed by atoms with Crippen LogP contribution in [-0.2, 0) is 21.4 Å². The van der Waals surface area contributed by atoms with Gasteiger partial charge in [0, 0.05) is 5.69 Å². The van der Waals surface area contributed by atoms with Gasteiger partial charge in [0.2, 0.25) is 10.0 Å². The summed E-state index contributed by atoms with van der Waals surface area (Å²) in [4.78, 5) is 0. The second kappa shape index (κ2) is 5.71. The molecule has 1 fully saturated rings. The van der Waals surface area contributed by atoms with Gasteiger partial charge < -0.3 is 4.74 Å². The van der Waals surface area contributed by atoms with Crippen LogP contribution in [0.4, 0.5) is 5.69 Å². The van der Waals surface area contributed by atoms with Crippen molar-refractivity contribution in [3.63, 3.8) is 0 Å². The van der Waals surface area contributed by atoms with Crippen LogP contribution in [0, 0.1) is 0 Å². The maximum Gasteiger partial charge on any atom is 0.229 e. The molecule has 1 aromatic rings. The normalized spacial score (nSPS) is 16.9. The number of hydrogen-bond donors (Lipinski definition) is 1. The number of sulfonamides is 1. The molecule has 1 N–H and O–H groups in total. The zero-order valence-corrected chi connectivity index (χ0v) is 11.4. The van der Waals surface area contributed by atoms with E-state index in [1.807, 2.05) is 12.1 Å². The first-order valence-electron chi connectivity index (χ1n) is 6.21. The summed E-state index contributed by atoms with van der Waals surface area (Å²) in [6.45, 7) is 0.601. The van der Waals surface area contributed by atoms with Gasteiger partial charge in [0.05, 0.1) is 19.0 Å². The third-order valence-corrected chi connectivity index (χ3v) is 3.65. The topological polar surface area (TPSA) is 55.4 Å². The van der Waals surface area contributed by atoms with Gasteiger partial charge in [-0.05, 0) is 30.5 Å². The third kappa shape index (κ3) is 4.31. The lowest BCUT2D eigenvalue weighted by Crippen LogP contribution is -2.10. The van der Waals surface area contributed by atoms with E-state index in [2.05, 4.69) is 4.72 Å². The molecule has 5 heteroatoms. The van der Waals surface area contributed by atoms with E-state index >= 15 is 0 Å². The highest BCUT2D eigenvalue weighted by atomic mass is 32.2. The monoisotopic (exact) mass is 269 g/mol. The average Bonchev–Trinajstić information content (AvgIpc) is 2.79. The molecule has 0 saturated heterocycles. The summed E-state index contributed by atoms with van der Waals surface area (Å²) in [6.07, 6.45) is 6.40. The second-order valence-corrected chi connectivity index (χ2v) is 6.54. The Morgan fingerprint density at radius 2 is 1.83 bits per heavy atom. The first kappa shape index (κ1) is 13.4. The van der Waals surface area contributed by atoms with E-state index in [9.17, 15) is 8.42 Å². The highest BCUT2D eigenvalue weighted by Crippen LogP contribution is 2.22. The van der Waals surface area contributed by atoms with E-state index in [4.69, 9.17) is 4.74 Å². The second-order valence-electron chi connectivity index (χ2n) is 4.79. The van der Waals surface area contributed by atoms with E-state index in [1.54, 1.807) is 12.1 Å². The standard InChI is InChI=1S/C13H19NO3S/c1-18(15,16)14-12-8-6-11(7-9-12)10-17-13-4-2-3-5-13/h6-9,13-14H,2-5,10H2,1H3. The van der Waals surface area contributed by atoms with Gasteiger partial charge in [-0.1, -0.05) is 25.0 Å². The first-order valence-corrected chi connectivity index (χ1v) is 8.10. The number of anilines is 1. The van der Waals surface area contributed by atoms with Gasteiger partial charge in [-0.3, -0.25) is 4.72 Å². The van der Waals surface area contributed by atoms with Crippen LogP contribution in [0.5, 0.6) is 0 Å². The Bertz CT molecular complexity index is 475. The van der Waals surface area contributed by atoms with Crippen LogP contribution in [-0.4, -0.2) is 20.8 Å². The van der Waals surface area contributed by atoms with Crippen molar-refractivity contribution >= 4 is 15.7 Å². The summed E-state index contributed by atoms with van der Waals surface area (Å²) in [7, 11) is -3.20. The van der Waals surface area contributed by atoms with Gasteiger partial charge in [0.1, 0.15) is 0 Å². The maximum atomic E-state index is 11.0. The Labute approximate surface area is 108 Å². The Hall–Kier alpha value is -1.07. The molecule has 0 heterocycles. The molecule has 1 aliphatic carbocycles. The van der Waals surface area contributed by atoms with Crippen molar-refractivity contribution in [2.75, 3.05) is 11.0 Å². The predicted molar refractivity (Wildman–Crippen MR) is 72.0 cm³/mol. The Morgan fingerprint density at radius 3 is 2.39 bits per heavy atom. The minimum absolute atomic E-state index is 0.402. The van der Waals surface area contributed by atoms with Crippen LogP contribution in [0.1, 0.15) is 31.2 Å². The number of benzene rings is 1. The first-order chi connectivity index (χ1) is 8.53. The Kier molecular flexibility index (Phi) is 4.24. The van der Waals surface area contributed by atoms with Crippen LogP contribution in [0.25, 0.3) is 0 Å². The largest absolute Gasteiger partial charge is 0.374 e. The molecule has 0 aliphatic heterocycles. The summed E-state index contributed by atoms with van der Waals surface area (Å²) in [5, 5.41) is 0. The summed E-state index contributed by atoms with van der Waals surface area (Å²) in [6, 6.07) is 7.30. The lowest BCUT2D eigenvalue weighted by atomic mass is 10.2. The highest BCUT2D eigenvalue weighted by Gasteiger charge is 2.15. The van der Waals surface area contributed by atoms with Gasteiger partial charge >= 0.3 is 0 Å². The molecule has 0 unspecified atom stereocenters.